The van der Waals surface area contributed by atoms with E-state index in [1.54, 1.807) is 24.5 Å². The van der Waals surface area contributed by atoms with Crippen molar-refractivity contribution in [3.8, 4) is 22.5 Å². The van der Waals surface area contributed by atoms with Crippen molar-refractivity contribution in [2.24, 2.45) is 0 Å². The number of benzene rings is 1. The van der Waals surface area contributed by atoms with Gasteiger partial charge in [-0.1, -0.05) is 6.07 Å². The van der Waals surface area contributed by atoms with Crippen LogP contribution in [0.1, 0.15) is 5.56 Å². The van der Waals surface area contributed by atoms with Gasteiger partial charge in [-0.05, 0) is 23.6 Å². The molecule has 5 heteroatoms. The minimum absolute atomic E-state index is 0.575. The molecule has 0 spiro atoms. The Hall–Kier alpha value is -2.32. The molecule has 0 saturated carbocycles. The first-order chi connectivity index (χ1) is 8.83. The highest BCUT2D eigenvalue weighted by Crippen LogP contribution is 2.34. The van der Waals surface area contributed by atoms with Crippen molar-refractivity contribution in [2.75, 3.05) is 7.11 Å². The highest BCUT2D eigenvalue weighted by atomic mass is 32.1. The molecule has 0 unspecified atom stereocenters. The number of para-hydroxylation sites is 1. The van der Waals surface area contributed by atoms with Gasteiger partial charge in [0.1, 0.15) is 22.2 Å². The maximum absolute atomic E-state index is 9.05. The summed E-state index contributed by atoms with van der Waals surface area (Å²) in [5, 5.41) is 11.0. The lowest BCUT2D eigenvalue weighted by atomic mass is 10.2. The van der Waals surface area contributed by atoms with Crippen LogP contribution in [0.4, 0.5) is 0 Å². The highest BCUT2D eigenvalue weighted by Gasteiger charge is 2.13. The van der Waals surface area contributed by atoms with Crippen LogP contribution in [0.25, 0.3) is 21.7 Å². The van der Waals surface area contributed by atoms with Gasteiger partial charge in [-0.25, -0.2) is 4.98 Å². The molecule has 0 aliphatic carbocycles. The number of nitrogens with one attached hydrogen (secondary N) is 1. The quantitative estimate of drug-likeness (QED) is 0.765. The van der Waals surface area contributed by atoms with Crippen LogP contribution in [0.5, 0.6) is 5.75 Å². The SMILES string of the molecule is COc1ccsc1-c1nc2c(C#N)cccc2[nH]1. The van der Waals surface area contributed by atoms with Crippen LogP contribution in [0, 0.1) is 11.3 Å². The summed E-state index contributed by atoms with van der Waals surface area (Å²) in [4.78, 5) is 8.64. The molecule has 0 amide bonds. The van der Waals surface area contributed by atoms with E-state index in [-0.39, 0.29) is 0 Å². The molecule has 3 rings (SSSR count). The number of aromatic nitrogens is 2. The van der Waals surface area contributed by atoms with Crippen molar-refractivity contribution in [3.63, 3.8) is 0 Å². The summed E-state index contributed by atoms with van der Waals surface area (Å²) in [5.41, 5.74) is 2.13. The van der Waals surface area contributed by atoms with Crippen molar-refractivity contribution in [1.29, 1.82) is 5.26 Å². The predicted molar refractivity (Wildman–Crippen MR) is 70.7 cm³/mol. The zero-order valence-corrected chi connectivity index (χ0v) is 10.4. The van der Waals surface area contributed by atoms with E-state index >= 15 is 0 Å². The van der Waals surface area contributed by atoms with E-state index in [1.807, 2.05) is 23.6 Å². The Balaban J connectivity index is 2.23. The van der Waals surface area contributed by atoms with E-state index in [0.717, 1.165) is 22.0 Å². The largest absolute Gasteiger partial charge is 0.495 e. The number of nitrogens with zero attached hydrogens (tertiary/aromatic N) is 2. The molecule has 2 aromatic heterocycles. The molecule has 4 nitrogen and oxygen atoms in total. The van der Waals surface area contributed by atoms with Crippen molar-refractivity contribution in [1.82, 2.24) is 9.97 Å². The van der Waals surface area contributed by atoms with Crippen molar-refractivity contribution in [2.45, 2.75) is 0 Å². The number of methoxy groups -OCH3 is 1. The molecule has 0 aliphatic heterocycles. The Bertz CT molecular complexity index is 751. The van der Waals surface area contributed by atoms with Gasteiger partial charge >= 0.3 is 0 Å². The van der Waals surface area contributed by atoms with Crippen molar-refractivity contribution in [3.05, 3.63) is 35.2 Å². The van der Waals surface area contributed by atoms with Crippen LogP contribution < -0.4 is 4.74 Å². The molecule has 0 bridgehead atoms. The van der Waals surface area contributed by atoms with Crippen LogP contribution >= 0.6 is 11.3 Å². The van der Waals surface area contributed by atoms with Gasteiger partial charge in [-0.3, -0.25) is 0 Å². The van der Waals surface area contributed by atoms with Gasteiger partial charge in [0.2, 0.25) is 0 Å². The molecule has 0 atom stereocenters. The second kappa shape index (κ2) is 4.17. The molecule has 18 heavy (non-hydrogen) atoms. The number of ether oxygens (including phenoxy) is 1. The summed E-state index contributed by atoms with van der Waals surface area (Å²) in [6.45, 7) is 0. The molecule has 1 aromatic carbocycles. The first-order valence-electron chi connectivity index (χ1n) is 5.34. The zero-order valence-electron chi connectivity index (χ0n) is 9.60. The number of fused-ring (bicyclic) bond motifs is 1. The first-order valence-corrected chi connectivity index (χ1v) is 6.22. The Labute approximate surface area is 107 Å². The maximum atomic E-state index is 9.05. The fraction of sp³-hybridized carbons (Fsp3) is 0.0769. The minimum atomic E-state index is 0.575. The Morgan fingerprint density at radius 2 is 2.28 bits per heavy atom. The van der Waals surface area contributed by atoms with E-state index < -0.39 is 0 Å². The topological polar surface area (TPSA) is 61.7 Å². The third kappa shape index (κ3) is 1.55. The van der Waals surface area contributed by atoms with Gasteiger partial charge in [0.05, 0.1) is 18.2 Å². The van der Waals surface area contributed by atoms with Gasteiger partial charge in [0.25, 0.3) is 0 Å². The fourth-order valence-electron chi connectivity index (χ4n) is 1.86. The Kier molecular flexibility index (Phi) is 2.50. The van der Waals surface area contributed by atoms with E-state index in [2.05, 4.69) is 16.0 Å². The van der Waals surface area contributed by atoms with E-state index in [9.17, 15) is 0 Å². The summed E-state index contributed by atoms with van der Waals surface area (Å²) < 4.78 is 5.28. The number of H-pyrrole nitrogens is 1. The third-order valence-corrected chi connectivity index (χ3v) is 3.60. The lowest BCUT2D eigenvalue weighted by Gasteiger charge is -1.97. The number of hydrogen-bond donors (Lipinski definition) is 1. The Morgan fingerprint density at radius 3 is 3.06 bits per heavy atom. The van der Waals surface area contributed by atoms with Crippen LogP contribution in [0.15, 0.2) is 29.6 Å². The monoisotopic (exact) mass is 255 g/mol. The van der Waals surface area contributed by atoms with Gasteiger partial charge in [-0.15, -0.1) is 11.3 Å². The minimum Gasteiger partial charge on any atom is -0.495 e. The van der Waals surface area contributed by atoms with E-state index in [4.69, 9.17) is 10.00 Å². The number of imidazole rings is 1. The molecule has 3 aromatic rings. The third-order valence-electron chi connectivity index (χ3n) is 2.70. The summed E-state index contributed by atoms with van der Waals surface area (Å²) in [6, 6.07) is 9.56. The van der Waals surface area contributed by atoms with Crippen LogP contribution in [-0.2, 0) is 0 Å². The number of rotatable bonds is 2. The average molecular weight is 255 g/mol. The maximum Gasteiger partial charge on any atom is 0.152 e. The van der Waals surface area contributed by atoms with Crippen molar-refractivity contribution < 1.29 is 4.74 Å². The molecule has 0 saturated heterocycles. The second-order valence-electron chi connectivity index (χ2n) is 3.72. The van der Waals surface area contributed by atoms with Gasteiger partial charge < -0.3 is 9.72 Å². The lowest BCUT2D eigenvalue weighted by molar-refractivity contribution is 0.418. The Morgan fingerprint density at radius 1 is 1.39 bits per heavy atom. The molecule has 0 fully saturated rings. The standard InChI is InChI=1S/C13H9N3OS/c1-17-10-5-6-18-12(10)13-15-9-4-2-3-8(7-14)11(9)16-13/h2-6H,1H3,(H,15,16). The molecule has 0 aliphatic rings. The molecular weight excluding hydrogens is 246 g/mol. The van der Waals surface area contributed by atoms with Crippen LogP contribution in [0.3, 0.4) is 0 Å². The van der Waals surface area contributed by atoms with E-state index in [0.29, 0.717) is 11.1 Å². The number of thiophene rings is 1. The van der Waals surface area contributed by atoms with E-state index in [1.165, 1.54) is 0 Å². The molecule has 88 valence electrons. The summed E-state index contributed by atoms with van der Waals surface area (Å²) >= 11 is 1.55. The summed E-state index contributed by atoms with van der Waals surface area (Å²) in [6.07, 6.45) is 0. The van der Waals surface area contributed by atoms with Crippen molar-refractivity contribution >= 4 is 22.4 Å². The van der Waals surface area contributed by atoms with Gasteiger partial charge in [0.15, 0.2) is 5.82 Å². The smallest absolute Gasteiger partial charge is 0.152 e. The fourth-order valence-corrected chi connectivity index (χ4v) is 2.66. The van der Waals surface area contributed by atoms with Gasteiger partial charge in [0, 0.05) is 0 Å². The summed E-state index contributed by atoms with van der Waals surface area (Å²) in [5.74, 6) is 1.53. The zero-order chi connectivity index (χ0) is 12.5. The normalized spacial score (nSPS) is 10.4. The number of hydrogen-bond acceptors (Lipinski definition) is 4. The lowest BCUT2D eigenvalue weighted by Crippen LogP contribution is -1.83. The van der Waals surface area contributed by atoms with Crippen LogP contribution in [0.2, 0.25) is 0 Å². The first kappa shape index (κ1) is 10.8. The molecule has 1 N–H and O–H groups in total. The highest BCUT2D eigenvalue weighted by molar-refractivity contribution is 7.13. The average Bonchev–Trinajstić information content (AvgIpc) is 3.03. The summed E-state index contributed by atoms with van der Waals surface area (Å²) in [7, 11) is 1.63. The van der Waals surface area contributed by atoms with Gasteiger partial charge in [-0.2, -0.15) is 5.26 Å². The predicted octanol–water partition coefficient (Wildman–Crippen LogP) is 3.17. The van der Waals surface area contributed by atoms with Crippen LogP contribution in [-0.4, -0.2) is 17.1 Å². The number of aromatic amines is 1. The number of nitriles is 1. The second-order valence-corrected chi connectivity index (χ2v) is 4.63. The molecule has 0 radical (unpaired) electrons. The molecule has 2 heterocycles. The molecular formula is C13H9N3OS.